The molecule has 0 spiro atoms. The smallest absolute Gasteiger partial charge is 0.405 e. The van der Waals surface area contributed by atoms with Gasteiger partial charge in [-0.25, -0.2) is 0 Å². The fourth-order valence-electron chi connectivity index (χ4n) is 3.89. The summed E-state index contributed by atoms with van der Waals surface area (Å²) >= 11 is 0. The van der Waals surface area contributed by atoms with Crippen LogP contribution in [0.2, 0.25) is 0 Å². The number of piperazine rings is 1. The number of aromatic nitrogens is 1. The summed E-state index contributed by atoms with van der Waals surface area (Å²) in [7, 11) is 0. The number of halogens is 6. The average Bonchev–Trinajstić information content (AvgIpc) is 3.18. The SMILES string of the molecule is Cc1onc(-c2ccccc2OC(F)(F)F)c1C(=O)N1CCN(c2cccc(C(F)(F)F)c2)CC1. The molecule has 186 valence electrons. The largest absolute Gasteiger partial charge is 0.573 e. The highest BCUT2D eigenvalue weighted by Crippen LogP contribution is 2.36. The summed E-state index contributed by atoms with van der Waals surface area (Å²) < 4.78 is 86.9. The first-order chi connectivity index (χ1) is 16.4. The van der Waals surface area contributed by atoms with E-state index in [2.05, 4.69) is 9.89 Å². The fourth-order valence-corrected chi connectivity index (χ4v) is 3.89. The van der Waals surface area contributed by atoms with Crippen molar-refractivity contribution < 1.29 is 40.4 Å². The van der Waals surface area contributed by atoms with Crippen molar-refractivity contribution in [3.05, 3.63) is 65.4 Å². The van der Waals surface area contributed by atoms with Crippen molar-refractivity contribution in [1.82, 2.24) is 10.1 Å². The molecule has 0 bridgehead atoms. The molecular formula is C23H19F6N3O3. The van der Waals surface area contributed by atoms with E-state index >= 15 is 0 Å². The number of hydrogen-bond acceptors (Lipinski definition) is 5. The number of carbonyl (C=O) groups excluding carboxylic acids is 1. The van der Waals surface area contributed by atoms with Crippen LogP contribution in [-0.4, -0.2) is 48.5 Å². The number of aryl methyl sites for hydroxylation is 1. The van der Waals surface area contributed by atoms with Crippen molar-refractivity contribution >= 4 is 11.6 Å². The van der Waals surface area contributed by atoms with Gasteiger partial charge in [-0.2, -0.15) is 13.2 Å². The van der Waals surface area contributed by atoms with Crippen molar-refractivity contribution in [1.29, 1.82) is 0 Å². The predicted molar refractivity (Wildman–Crippen MR) is 113 cm³/mol. The minimum Gasteiger partial charge on any atom is -0.405 e. The number of para-hydroxylation sites is 1. The second kappa shape index (κ2) is 9.16. The van der Waals surface area contributed by atoms with E-state index < -0.39 is 29.8 Å². The Hall–Kier alpha value is -3.70. The first-order valence-corrected chi connectivity index (χ1v) is 10.5. The number of nitrogens with zero attached hydrogens (tertiary/aromatic N) is 3. The maximum Gasteiger partial charge on any atom is 0.573 e. The zero-order valence-electron chi connectivity index (χ0n) is 18.3. The topological polar surface area (TPSA) is 58.8 Å². The van der Waals surface area contributed by atoms with Gasteiger partial charge < -0.3 is 19.1 Å². The van der Waals surface area contributed by atoms with Crippen LogP contribution in [0.4, 0.5) is 32.0 Å². The maximum absolute atomic E-state index is 13.3. The van der Waals surface area contributed by atoms with E-state index in [1.807, 2.05) is 0 Å². The van der Waals surface area contributed by atoms with Crippen LogP contribution in [0.1, 0.15) is 21.7 Å². The van der Waals surface area contributed by atoms with Crippen LogP contribution in [0.5, 0.6) is 5.75 Å². The Labute approximate surface area is 195 Å². The van der Waals surface area contributed by atoms with Gasteiger partial charge >= 0.3 is 12.5 Å². The van der Waals surface area contributed by atoms with Crippen LogP contribution in [0, 0.1) is 6.92 Å². The van der Waals surface area contributed by atoms with E-state index in [9.17, 15) is 31.1 Å². The quantitative estimate of drug-likeness (QED) is 0.442. The lowest BCUT2D eigenvalue weighted by Gasteiger charge is -2.36. The molecule has 0 radical (unpaired) electrons. The number of amides is 1. The zero-order chi connectivity index (χ0) is 25.4. The number of rotatable bonds is 4. The van der Waals surface area contributed by atoms with E-state index in [4.69, 9.17) is 4.52 Å². The van der Waals surface area contributed by atoms with Gasteiger partial charge in [0.25, 0.3) is 5.91 Å². The molecule has 0 saturated carbocycles. The van der Waals surface area contributed by atoms with Gasteiger partial charge in [0, 0.05) is 37.4 Å². The number of carbonyl (C=O) groups is 1. The molecule has 0 N–H and O–H groups in total. The molecule has 2 aromatic carbocycles. The molecule has 1 saturated heterocycles. The van der Waals surface area contributed by atoms with E-state index in [0.29, 0.717) is 5.69 Å². The Kier molecular flexibility index (Phi) is 6.39. The predicted octanol–water partition coefficient (Wildman–Crippen LogP) is 5.53. The Morgan fingerprint density at radius 1 is 0.971 bits per heavy atom. The van der Waals surface area contributed by atoms with Gasteiger partial charge in [-0.1, -0.05) is 23.4 Å². The van der Waals surface area contributed by atoms with Crippen LogP contribution in [0.25, 0.3) is 11.3 Å². The standard InChI is InChI=1S/C23H19F6N3O3/c1-14-19(20(30-35-14)17-7-2-3-8-18(17)34-23(27,28)29)21(33)32-11-9-31(10-12-32)16-6-4-5-15(13-16)22(24,25)26/h2-8,13H,9-12H2,1H3. The molecule has 1 aromatic heterocycles. The summed E-state index contributed by atoms with van der Waals surface area (Å²) in [6.07, 6.45) is -9.42. The Morgan fingerprint density at radius 2 is 1.66 bits per heavy atom. The van der Waals surface area contributed by atoms with Crippen LogP contribution in [0.15, 0.2) is 53.1 Å². The van der Waals surface area contributed by atoms with E-state index in [-0.39, 0.29) is 48.8 Å². The van der Waals surface area contributed by atoms with E-state index in [0.717, 1.165) is 18.2 Å². The average molecular weight is 499 g/mol. The Bertz CT molecular complexity index is 1210. The molecule has 1 aliphatic heterocycles. The third-order valence-corrected chi connectivity index (χ3v) is 5.55. The van der Waals surface area contributed by atoms with Crippen LogP contribution in [0.3, 0.4) is 0 Å². The molecule has 3 aromatic rings. The van der Waals surface area contributed by atoms with Gasteiger partial charge in [0.15, 0.2) is 0 Å². The molecule has 0 unspecified atom stereocenters. The lowest BCUT2D eigenvalue weighted by Crippen LogP contribution is -2.49. The highest BCUT2D eigenvalue weighted by Gasteiger charge is 2.35. The summed E-state index contributed by atoms with van der Waals surface area (Å²) in [5.74, 6) is -0.923. The molecule has 1 fully saturated rings. The van der Waals surface area contributed by atoms with Crippen LogP contribution >= 0.6 is 0 Å². The molecule has 2 heterocycles. The second-order valence-corrected chi connectivity index (χ2v) is 7.83. The summed E-state index contributed by atoms with van der Waals surface area (Å²) in [5, 5.41) is 3.80. The maximum atomic E-state index is 13.3. The highest BCUT2D eigenvalue weighted by atomic mass is 19.4. The third kappa shape index (κ3) is 5.36. The van der Waals surface area contributed by atoms with Gasteiger partial charge in [0.05, 0.1) is 5.56 Å². The van der Waals surface area contributed by atoms with Gasteiger partial charge in [-0.05, 0) is 37.3 Å². The first-order valence-electron chi connectivity index (χ1n) is 10.5. The Morgan fingerprint density at radius 3 is 2.31 bits per heavy atom. The number of ether oxygens (including phenoxy) is 1. The van der Waals surface area contributed by atoms with Crippen molar-refractivity contribution in [2.45, 2.75) is 19.5 Å². The number of hydrogen-bond donors (Lipinski definition) is 0. The minimum absolute atomic E-state index is 0.00394. The van der Waals surface area contributed by atoms with Crippen molar-refractivity contribution in [3.8, 4) is 17.0 Å². The molecule has 1 aliphatic rings. The molecule has 0 aliphatic carbocycles. The first kappa shape index (κ1) is 24.4. The lowest BCUT2D eigenvalue weighted by atomic mass is 10.0. The molecule has 1 amide bonds. The van der Waals surface area contributed by atoms with Crippen molar-refractivity contribution in [2.75, 3.05) is 31.1 Å². The monoisotopic (exact) mass is 499 g/mol. The molecule has 35 heavy (non-hydrogen) atoms. The molecule has 4 rings (SSSR count). The van der Waals surface area contributed by atoms with Gasteiger partial charge in [-0.15, -0.1) is 13.2 Å². The van der Waals surface area contributed by atoms with Gasteiger partial charge in [-0.3, -0.25) is 4.79 Å². The highest BCUT2D eigenvalue weighted by molar-refractivity contribution is 6.01. The number of alkyl halides is 6. The summed E-state index contributed by atoms with van der Waals surface area (Å²) in [6, 6.07) is 10.2. The minimum atomic E-state index is -4.95. The summed E-state index contributed by atoms with van der Waals surface area (Å²) in [4.78, 5) is 16.5. The number of anilines is 1. The summed E-state index contributed by atoms with van der Waals surface area (Å²) in [5.41, 5.74) is -0.541. The molecule has 0 atom stereocenters. The van der Waals surface area contributed by atoms with Crippen LogP contribution < -0.4 is 9.64 Å². The summed E-state index contributed by atoms with van der Waals surface area (Å²) in [6.45, 7) is 2.36. The second-order valence-electron chi connectivity index (χ2n) is 7.83. The van der Waals surface area contributed by atoms with Crippen molar-refractivity contribution in [3.63, 3.8) is 0 Å². The van der Waals surface area contributed by atoms with E-state index in [1.54, 1.807) is 11.0 Å². The number of benzene rings is 2. The van der Waals surface area contributed by atoms with Crippen LogP contribution in [-0.2, 0) is 6.18 Å². The zero-order valence-corrected chi connectivity index (χ0v) is 18.3. The molecule has 6 nitrogen and oxygen atoms in total. The normalized spacial score (nSPS) is 14.8. The molecule has 12 heteroatoms. The molecular weight excluding hydrogens is 480 g/mol. The third-order valence-electron chi connectivity index (χ3n) is 5.55. The Balaban J connectivity index is 1.54. The van der Waals surface area contributed by atoms with Gasteiger partial charge in [0.2, 0.25) is 0 Å². The van der Waals surface area contributed by atoms with Crippen molar-refractivity contribution in [2.24, 2.45) is 0 Å². The fraction of sp³-hybridized carbons (Fsp3) is 0.304. The van der Waals surface area contributed by atoms with E-state index in [1.165, 1.54) is 36.1 Å². The van der Waals surface area contributed by atoms with Gasteiger partial charge in [0.1, 0.15) is 22.8 Å². The lowest BCUT2D eigenvalue weighted by molar-refractivity contribution is -0.274.